The number of nitrogens with zero attached hydrogens (tertiary/aromatic N) is 1. The van der Waals surface area contributed by atoms with Crippen molar-refractivity contribution in [2.75, 3.05) is 5.32 Å². The molecule has 2 aromatic rings. The molecule has 0 bridgehead atoms. The minimum absolute atomic E-state index is 0.0668. The van der Waals surface area contributed by atoms with Crippen LogP contribution < -0.4 is 5.32 Å². The Kier molecular flexibility index (Phi) is 5.49. The Balaban J connectivity index is 2.11. The lowest BCUT2D eigenvalue weighted by Crippen LogP contribution is -2.14. The molecule has 3 nitrogen and oxygen atoms in total. The molecule has 0 aliphatic heterocycles. The van der Waals surface area contributed by atoms with Gasteiger partial charge in [0.2, 0.25) is 0 Å². The van der Waals surface area contributed by atoms with E-state index in [1.54, 1.807) is 6.08 Å². The first kappa shape index (κ1) is 16.3. The van der Waals surface area contributed by atoms with Gasteiger partial charge in [0.05, 0.1) is 0 Å². The third-order valence-corrected chi connectivity index (χ3v) is 3.35. The second-order valence-corrected chi connectivity index (χ2v) is 5.23. The van der Waals surface area contributed by atoms with E-state index >= 15 is 0 Å². The molecule has 1 N–H and O–H groups in total. The highest BCUT2D eigenvalue weighted by atomic mass is 16.1. The largest absolute Gasteiger partial charge is 0.321 e. The van der Waals surface area contributed by atoms with E-state index < -0.39 is 5.91 Å². The summed E-state index contributed by atoms with van der Waals surface area (Å²) in [5.41, 5.74) is 3.89. The van der Waals surface area contributed by atoms with Crippen molar-refractivity contribution in [3.05, 3.63) is 82.9 Å². The van der Waals surface area contributed by atoms with Gasteiger partial charge in [-0.2, -0.15) is 5.26 Å². The number of rotatable bonds is 4. The summed E-state index contributed by atoms with van der Waals surface area (Å²) < 4.78 is 0. The summed E-state index contributed by atoms with van der Waals surface area (Å²) in [6, 6.07) is 17.4. The minimum atomic E-state index is -0.405. The number of nitriles is 1. The molecule has 0 radical (unpaired) electrons. The first-order chi connectivity index (χ1) is 11.1. The van der Waals surface area contributed by atoms with E-state index in [1.807, 2.05) is 74.5 Å². The number of amides is 1. The molecular formula is C20H18N2O. The van der Waals surface area contributed by atoms with Gasteiger partial charge < -0.3 is 5.32 Å². The molecular weight excluding hydrogens is 284 g/mol. The number of nitrogens with one attached hydrogen (secondary N) is 1. The van der Waals surface area contributed by atoms with Crippen molar-refractivity contribution < 1.29 is 4.79 Å². The van der Waals surface area contributed by atoms with E-state index in [1.165, 1.54) is 6.08 Å². The van der Waals surface area contributed by atoms with E-state index in [2.05, 4.69) is 5.32 Å². The van der Waals surface area contributed by atoms with Crippen LogP contribution in [0.4, 0.5) is 5.69 Å². The van der Waals surface area contributed by atoms with Gasteiger partial charge in [-0.05, 0) is 37.1 Å². The van der Waals surface area contributed by atoms with Gasteiger partial charge in [0.1, 0.15) is 11.6 Å². The lowest BCUT2D eigenvalue weighted by molar-refractivity contribution is -0.112. The Morgan fingerprint density at radius 2 is 1.87 bits per heavy atom. The number of carbonyl (C=O) groups excluding carboxylic acids is 1. The van der Waals surface area contributed by atoms with Gasteiger partial charge in [-0.25, -0.2) is 0 Å². The normalized spacial score (nSPS) is 11.3. The predicted molar refractivity (Wildman–Crippen MR) is 93.7 cm³/mol. The lowest BCUT2D eigenvalue weighted by Gasteiger charge is -2.08. The van der Waals surface area contributed by atoms with Crippen LogP contribution in [0.15, 0.2) is 66.3 Å². The molecule has 0 saturated carbocycles. The zero-order chi connectivity index (χ0) is 16.7. The van der Waals surface area contributed by atoms with Crippen LogP contribution in [0.5, 0.6) is 0 Å². The summed E-state index contributed by atoms with van der Waals surface area (Å²) in [6.07, 6.45) is 5.07. The molecule has 0 aliphatic rings. The Bertz CT molecular complexity index is 796. The van der Waals surface area contributed by atoms with Crippen molar-refractivity contribution in [3.63, 3.8) is 0 Å². The van der Waals surface area contributed by atoms with Crippen LogP contribution in [0.1, 0.15) is 16.7 Å². The molecule has 1 amide bonds. The first-order valence-electron chi connectivity index (χ1n) is 7.32. The molecule has 0 atom stereocenters. The fourth-order valence-electron chi connectivity index (χ4n) is 2.13. The van der Waals surface area contributed by atoms with E-state index in [0.29, 0.717) is 5.69 Å². The monoisotopic (exact) mass is 302 g/mol. The van der Waals surface area contributed by atoms with Gasteiger partial charge in [-0.15, -0.1) is 0 Å². The van der Waals surface area contributed by atoms with Crippen molar-refractivity contribution in [2.45, 2.75) is 13.8 Å². The summed E-state index contributed by atoms with van der Waals surface area (Å²) in [5.74, 6) is -0.405. The van der Waals surface area contributed by atoms with Crippen molar-refractivity contribution in [2.24, 2.45) is 0 Å². The summed E-state index contributed by atoms with van der Waals surface area (Å²) in [4.78, 5) is 12.2. The number of carbonyl (C=O) groups is 1. The van der Waals surface area contributed by atoms with Gasteiger partial charge in [0.25, 0.3) is 5.91 Å². The van der Waals surface area contributed by atoms with Crippen LogP contribution in [-0.4, -0.2) is 5.91 Å². The number of allylic oxidation sites excluding steroid dienone is 2. The summed E-state index contributed by atoms with van der Waals surface area (Å²) >= 11 is 0. The first-order valence-corrected chi connectivity index (χ1v) is 7.32. The Labute approximate surface area is 136 Å². The number of anilines is 1. The van der Waals surface area contributed by atoms with Crippen molar-refractivity contribution in [3.8, 4) is 6.07 Å². The predicted octanol–water partition coefficient (Wildman–Crippen LogP) is 4.41. The SMILES string of the molecule is Cc1ccc(NC(=O)/C(C#N)=C/C=C/c2ccccc2)c(C)c1. The van der Waals surface area contributed by atoms with E-state index in [9.17, 15) is 10.1 Å². The van der Waals surface area contributed by atoms with Crippen molar-refractivity contribution >= 4 is 17.7 Å². The number of hydrogen-bond donors (Lipinski definition) is 1. The molecule has 2 aromatic carbocycles. The van der Waals surface area contributed by atoms with Crippen LogP contribution in [0.2, 0.25) is 0 Å². The van der Waals surface area contributed by atoms with Crippen LogP contribution in [-0.2, 0) is 4.79 Å². The topological polar surface area (TPSA) is 52.9 Å². The fourth-order valence-corrected chi connectivity index (χ4v) is 2.13. The van der Waals surface area contributed by atoms with Gasteiger partial charge in [0.15, 0.2) is 0 Å². The average Bonchev–Trinajstić information content (AvgIpc) is 2.55. The maximum atomic E-state index is 12.2. The molecule has 3 heteroatoms. The fraction of sp³-hybridized carbons (Fsp3) is 0.100. The molecule has 2 rings (SSSR count). The summed E-state index contributed by atoms with van der Waals surface area (Å²) in [7, 11) is 0. The quantitative estimate of drug-likeness (QED) is 0.517. The lowest BCUT2D eigenvalue weighted by atomic mass is 10.1. The molecule has 0 fully saturated rings. The van der Waals surface area contributed by atoms with E-state index in [4.69, 9.17) is 0 Å². The standard InChI is InChI=1S/C20H18N2O/c1-15-11-12-19(16(2)13-15)22-20(23)18(14-21)10-6-9-17-7-4-3-5-8-17/h3-13H,1-2H3,(H,22,23)/b9-6+,18-10+. The molecule has 0 saturated heterocycles. The van der Waals surface area contributed by atoms with Gasteiger partial charge in [-0.1, -0.05) is 60.2 Å². The van der Waals surface area contributed by atoms with Crippen LogP contribution >= 0.6 is 0 Å². The molecule has 0 spiro atoms. The van der Waals surface area contributed by atoms with Gasteiger partial charge in [0, 0.05) is 5.69 Å². The Hall–Kier alpha value is -3.12. The smallest absolute Gasteiger partial charge is 0.266 e. The zero-order valence-electron chi connectivity index (χ0n) is 13.2. The van der Waals surface area contributed by atoms with E-state index in [-0.39, 0.29) is 5.57 Å². The molecule has 0 unspecified atom stereocenters. The summed E-state index contributed by atoms with van der Waals surface area (Å²) in [6.45, 7) is 3.92. The third kappa shape index (κ3) is 4.69. The van der Waals surface area contributed by atoms with E-state index in [0.717, 1.165) is 16.7 Å². The second-order valence-electron chi connectivity index (χ2n) is 5.23. The van der Waals surface area contributed by atoms with Crippen LogP contribution in [0.25, 0.3) is 6.08 Å². The molecule has 0 aliphatic carbocycles. The molecule has 0 heterocycles. The highest BCUT2D eigenvalue weighted by Crippen LogP contribution is 2.16. The highest BCUT2D eigenvalue weighted by Gasteiger charge is 2.09. The number of hydrogen-bond acceptors (Lipinski definition) is 2. The number of aryl methyl sites for hydroxylation is 2. The maximum Gasteiger partial charge on any atom is 0.266 e. The highest BCUT2D eigenvalue weighted by molar-refractivity contribution is 6.07. The van der Waals surface area contributed by atoms with Crippen LogP contribution in [0, 0.1) is 25.2 Å². The average molecular weight is 302 g/mol. The second kappa shape index (κ2) is 7.77. The maximum absolute atomic E-state index is 12.2. The third-order valence-electron chi connectivity index (χ3n) is 3.35. The van der Waals surface area contributed by atoms with Gasteiger partial charge in [-0.3, -0.25) is 4.79 Å². The van der Waals surface area contributed by atoms with Gasteiger partial charge >= 0.3 is 0 Å². The number of benzene rings is 2. The van der Waals surface area contributed by atoms with Crippen molar-refractivity contribution in [1.82, 2.24) is 0 Å². The van der Waals surface area contributed by atoms with Crippen molar-refractivity contribution in [1.29, 1.82) is 5.26 Å². The zero-order valence-corrected chi connectivity index (χ0v) is 13.2. The molecule has 114 valence electrons. The summed E-state index contributed by atoms with van der Waals surface area (Å²) in [5, 5.41) is 11.9. The minimum Gasteiger partial charge on any atom is -0.321 e. The molecule has 0 aromatic heterocycles. The Morgan fingerprint density at radius 1 is 1.13 bits per heavy atom. The Morgan fingerprint density at radius 3 is 2.52 bits per heavy atom. The van der Waals surface area contributed by atoms with Crippen LogP contribution in [0.3, 0.4) is 0 Å². The molecule has 23 heavy (non-hydrogen) atoms.